The van der Waals surface area contributed by atoms with Crippen LogP contribution in [0.25, 0.3) is 0 Å². The van der Waals surface area contributed by atoms with Crippen LogP contribution in [0.4, 0.5) is 11.4 Å². The third-order valence-electron chi connectivity index (χ3n) is 4.98. The van der Waals surface area contributed by atoms with Crippen LogP contribution in [0.3, 0.4) is 0 Å². The summed E-state index contributed by atoms with van der Waals surface area (Å²) < 4.78 is 26.8. The molecule has 1 aliphatic rings. The van der Waals surface area contributed by atoms with Gasteiger partial charge in [0.2, 0.25) is 15.9 Å². The Morgan fingerprint density at radius 1 is 1.10 bits per heavy atom. The Morgan fingerprint density at radius 2 is 1.81 bits per heavy atom. The van der Waals surface area contributed by atoms with Gasteiger partial charge in [0, 0.05) is 31.6 Å². The van der Waals surface area contributed by atoms with Crippen molar-refractivity contribution in [2.75, 3.05) is 23.4 Å². The molecule has 164 valence electrons. The highest BCUT2D eigenvalue weighted by atomic mass is 32.2. The molecule has 0 radical (unpaired) electrons. The summed E-state index contributed by atoms with van der Waals surface area (Å²) in [4.78, 5) is 25.2. The number of nitrogens with one attached hydrogen (secondary N) is 1. The molecule has 9 heteroatoms. The molecule has 31 heavy (non-hydrogen) atoms. The lowest BCUT2D eigenvalue weighted by molar-refractivity contribution is -0.118. The molecule has 0 fully saturated rings. The van der Waals surface area contributed by atoms with Gasteiger partial charge in [-0.3, -0.25) is 9.59 Å². The van der Waals surface area contributed by atoms with Crippen molar-refractivity contribution in [1.82, 2.24) is 4.31 Å². The lowest BCUT2D eigenvalue weighted by Crippen LogP contribution is -2.36. The quantitative estimate of drug-likeness (QED) is 0.712. The molecule has 0 atom stereocenters. The third kappa shape index (κ3) is 5.00. The molecule has 1 N–H and O–H groups in total. The summed E-state index contributed by atoms with van der Waals surface area (Å²) in [5.41, 5.74) is 2.13. The van der Waals surface area contributed by atoms with Gasteiger partial charge >= 0.3 is 0 Å². The van der Waals surface area contributed by atoms with E-state index in [2.05, 4.69) is 10.4 Å². The van der Waals surface area contributed by atoms with Crippen molar-refractivity contribution in [3.05, 3.63) is 54.1 Å². The number of hydrazone groups is 1. The van der Waals surface area contributed by atoms with Crippen molar-refractivity contribution in [3.8, 4) is 0 Å². The first-order valence-electron chi connectivity index (χ1n) is 10.1. The van der Waals surface area contributed by atoms with Crippen LogP contribution in [0.2, 0.25) is 0 Å². The Balaban J connectivity index is 1.83. The lowest BCUT2D eigenvalue weighted by atomic mass is 10.1. The molecule has 2 aromatic carbocycles. The number of nitrogens with zero attached hydrogens (tertiary/aromatic N) is 3. The number of anilines is 2. The van der Waals surface area contributed by atoms with Gasteiger partial charge in [-0.05, 0) is 42.8 Å². The predicted molar refractivity (Wildman–Crippen MR) is 121 cm³/mol. The van der Waals surface area contributed by atoms with Gasteiger partial charge in [0.1, 0.15) is 5.71 Å². The average molecular weight is 443 g/mol. The van der Waals surface area contributed by atoms with Gasteiger partial charge in [-0.2, -0.15) is 9.41 Å². The van der Waals surface area contributed by atoms with E-state index >= 15 is 0 Å². The zero-order valence-electron chi connectivity index (χ0n) is 17.8. The maximum atomic E-state index is 12.8. The molecule has 8 nitrogen and oxygen atoms in total. The van der Waals surface area contributed by atoms with Crippen LogP contribution in [0, 0.1) is 6.92 Å². The fourth-order valence-electron chi connectivity index (χ4n) is 3.33. The van der Waals surface area contributed by atoms with E-state index in [-0.39, 0.29) is 29.4 Å². The number of carbonyl (C=O) groups excluding carboxylic acids is 2. The molecule has 0 aromatic heterocycles. The maximum absolute atomic E-state index is 12.8. The van der Waals surface area contributed by atoms with Crippen LogP contribution >= 0.6 is 0 Å². The van der Waals surface area contributed by atoms with Crippen LogP contribution in [0.5, 0.6) is 0 Å². The Morgan fingerprint density at radius 3 is 2.48 bits per heavy atom. The number of benzene rings is 2. The SMILES string of the molecule is CCN(CC)S(=O)(=O)c1cccc(NC(=O)C2=NN(c3cccc(C)c3)C(=O)CC2)c1. The van der Waals surface area contributed by atoms with Crippen molar-refractivity contribution in [2.45, 2.75) is 38.5 Å². The molecular formula is C22H26N4O4S. The number of amides is 2. The molecular weight excluding hydrogens is 416 g/mol. The molecule has 1 heterocycles. The van der Waals surface area contributed by atoms with Gasteiger partial charge in [0.15, 0.2) is 0 Å². The summed E-state index contributed by atoms with van der Waals surface area (Å²) in [5.74, 6) is -0.656. The van der Waals surface area contributed by atoms with Crippen LogP contribution < -0.4 is 10.3 Å². The molecule has 0 aliphatic carbocycles. The van der Waals surface area contributed by atoms with Crippen molar-refractivity contribution >= 4 is 38.9 Å². The van der Waals surface area contributed by atoms with Gasteiger partial charge in [-0.15, -0.1) is 0 Å². The summed E-state index contributed by atoms with van der Waals surface area (Å²) >= 11 is 0. The van der Waals surface area contributed by atoms with Crippen molar-refractivity contribution in [2.24, 2.45) is 5.10 Å². The summed E-state index contributed by atoms with van der Waals surface area (Å²) in [5, 5.41) is 8.21. The summed E-state index contributed by atoms with van der Waals surface area (Å²) in [6.07, 6.45) is 0.376. The first-order valence-corrected chi connectivity index (χ1v) is 11.6. The second-order valence-corrected chi connectivity index (χ2v) is 9.10. The molecule has 2 aromatic rings. The van der Waals surface area contributed by atoms with E-state index in [4.69, 9.17) is 0 Å². The van der Waals surface area contributed by atoms with E-state index in [1.807, 2.05) is 25.1 Å². The number of sulfonamides is 1. The normalized spacial score (nSPS) is 14.5. The third-order valence-corrected chi connectivity index (χ3v) is 7.02. The Kier molecular flexibility index (Phi) is 6.87. The molecule has 0 saturated carbocycles. The van der Waals surface area contributed by atoms with Crippen LogP contribution in [-0.2, 0) is 19.6 Å². The average Bonchev–Trinajstić information content (AvgIpc) is 2.75. The highest BCUT2D eigenvalue weighted by molar-refractivity contribution is 7.89. The van der Waals surface area contributed by atoms with E-state index in [1.165, 1.54) is 21.4 Å². The van der Waals surface area contributed by atoms with E-state index in [0.29, 0.717) is 24.5 Å². The Bertz CT molecular complexity index is 1120. The monoisotopic (exact) mass is 442 g/mol. The van der Waals surface area contributed by atoms with E-state index in [9.17, 15) is 18.0 Å². The Labute approximate surface area is 182 Å². The number of hydrogen-bond donors (Lipinski definition) is 1. The lowest BCUT2D eigenvalue weighted by Gasteiger charge is -2.23. The minimum absolute atomic E-state index is 0.108. The Hall–Kier alpha value is -3.04. The smallest absolute Gasteiger partial charge is 0.271 e. The fraction of sp³-hybridized carbons (Fsp3) is 0.318. The van der Waals surface area contributed by atoms with Crippen LogP contribution in [0.1, 0.15) is 32.3 Å². The molecule has 0 saturated heterocycles. The molecule has 0 bridgehead atoms. The minimum atomic E-state index is -3.64. The van der Waals surface area contributed by atoms with E-state index in [1.54, 1.807) is 32.0 Å². The second-order valence-electron chi connectivity index (χ2n) is 7.16. The van der Waals surface area contributed by atoms with Crippen molar-refractivity contribution in [1.29, 1.82) is 0 Å². The summed E-state index contributed by atoms with van der Waals surface area (Å²) in [6, 6.07) is 13.4. The first kappa shape index (κ1) is 22.6. The molecule has 0 spiro atoms. The maximum Gasteiger partial charge on any atom is 0.271 e. The van der Waals surface area contributed by atoms with Crippen LogP contribution in [0.15, 0.2) is 58.5 Å². The van der Waals surface area contributed by atoms with Gasteiger partial charge < -0.3 is 5.32 Å². The van der Waals surface area contributed by atoms with Gasteiger partial charge in [0.05, 0.1) is 10.6 Å². The largest absolute Gasteiger partial charge is 0.321 e. The van der Waals surface area contributed by atoms with Crippen molar-refractivity contribution in [3.63, 3.8) is 0 Å². The molecule has 3 rings (SSSR count). The zero-order chi connectivity index (χ0) is 22.6. The number of carbonyl (C=O) groups is 2. The highest BCUT2D eigenvalue weighted by Crippen LogP contribution is 2.23. The van der Waals surface area contributed by atoms with E-state index in [0.717, 1.165) is 5.56 Å². The number of hydrogen-bond acceptors (Lipinski definition) is 5. The number of rotatable bonds is 7. The van der Waals surface area contributed by atoms with E-state index < -0.39 is 15.9 Å². The molecule has 1 aliphatic heterocycles. The molecule has 0 unspecified atom stereocenters. The van der Waals surface area contributed by atoms with Gasteiger partial charge in [0.25, 0.3) is 5.91 Å². The molecule has 2 amide bonds. The standard InChI is InChI=1S/C22H26N4O4S/c1-4-25(5-2)31(29,30)19-11-7-9-17(15-19)23-22(28)20-12-13-21(27)26(24-20)18-10-6-8-16(3)14-18/h6-11,14-15H,4-5,12-13H2,1-3H3,(H,23,28). The van der Waals surface area contributed by atoms with Gasteiger partial charge in [-0.25, -0.2) is 13.4 Å². The summed E-state index contributed by atoms with van der Waals surface area (Å²) in [6.45, 7) is 6.17. The first-order chi connectivity index (χ1) is 14.8. The minimum Gasteiger partial charge on any atom is -0.321 e. The zero-order valence-corrected chi connectivity index (χ0v) is 18.6. The number of aryl methyl sites for hydroxylation is 1. The fourth-order valence-corrected chi connectivity index (χ4v) is 4.83. The van der Waals surface area contributed by atoms with Crippen LogP contribution in [-0.4, -0.2) is 43.3 Å². The predicted octanol–water partition coefficient (Wildman–Crippen LogP) is 3.15. The second kappa shape index (κ2) is 9.40. The van der Waals surface area contributed by atoms with Crippen molar-refractivity contribution < 1.29 is 18.0 Å². The topological polar surface area (TPSA) is 99.2 Å². The summed E-state index contributed by atoms with van der Waals surface area (Å²) in [7, 11) is -3.64. The highest BCUT2D eigenvalue weighted by Gasteiger charge is 2.26. The van der Waals surface area contributed by atoms with Gasteiger partial charge in [-0.1, -0.05) is 32.0 Å².